The molecule has 1 aliphatic rings. The van der Waals surface area contributed by atoms with Gasteiger partial charge in [0.15, 0.2) is 0 Å². The molecule has 2 nitrogen and oxygen atoms in total. The Morgan fingerprint density at radius 1 is 1.14 bits per heavy atom. The summed E-state index contributed by atoms with van der Waals surface area (Å²) < 4.78 is 0. The van der Waals surface area contributed by atoms with E-state index in [1.165, 1.54) is 0 Å². The second kappa shape index (κ2) is 3.92. The lowest BCUT2D eigenvalue weighted by Crippen LogP contribution is -2.26. The third-order valence-corrected chi connectivity index (χ3v) is 2.10. The van der Waals surface area contributed by atoms with Crippen molar-refractivity contribution >= 4 is 5.91 Å². The SMILES string of the molecule is O=C(c1ccccc1)N1C=CC=CC1. The molecule has 2 rings (SSSR count). The smallest absolute Gasteiger partial charge is 0.258 e. The molecule has 0 unspecified atom stereocenters. The number of hydrogen-bond acceptors (Lipinski definition) is 1. The van der Waals surface area contributed by atoms with Crippen LogP contribution in [-0.4, -0.2) is 17.4 Å². The Morgan fingerprint density at radius 2 is 1.93 bits per heavy atom. The van der Waals surface area contributed by atoms with Crippen LogP contribution in [0.25, 0.3) is 0 Å². The van der Waals surface area contributed by atoms with Crippen molar-refractivity contribution in [2.75, 3.05) is 6.54 Å². The highest BCUT2D eigenvalue weighted by molar-refractivity contribution is 5.95. The molecule has 1 aromatic carbocycles. The first-order valence-corrected chi connectivity index (χ1v) is 4.57. The Morgan fingerprint density at radius 3 is 2.57 bits per heavy atom. The average molecular weight is 185 g/mol. The van der Waals surface area contributed by atoms with Gasteiger partial charge in [0.25, 0.3) is 5.91 Å². The largest absolute Gasteiger partial charge is 0.311 e. The van der Waals surface area contributed by atoms with Crippen molar-refractivity contribution < 1.29 is 4.79 Å². The number of carbonyl (C=O) groups excluding carboxylic acids is 1. The van der Waals surface area contributed by atoms with E-state index in [4.69, 9.17) is 0 Å². The van der Waals surface area contributed by atoms with Gasteiger partial charge in [0.2, 0.25) is 0 Å². The lowest BCUT2D eigenvalue weighted by Gasteiger charge is -2.18. The van der Waals surface area contributed by atoms with Crippen LogP contribution in [0.5, 0.6) is 0 Å². The van der Waals surface area contributed by atoms with Crippen LogP contribution in [0.3, 0.4) is 0 Å². The van der Waals surface area contributed by atoms with E-state index in [0.717, 1.165) is 5.56 Å². The Bertz CT molecular complexity index is 379. The lowest BCUT2D eigenvalue weighted by atomic mass is 10.2. The molecule has 1 heterocycles. The molecule has 1 aromatic rings. The number of allylic oxidation sites excluding steroid dienone is 2. The van der Waals surface area contributed by atoms with Crippen LogP contribution in [-0.2, 0) is 0 Å². The fraction of sp³-hybridized carbons (Fsp3) is 0.0833. The van der Waals surface area contributed by atoms with Crippen molar-refractivity contribution in [2.24, 2.45) is 0 Å². The molecule has 1 aliphatic heterocycles. The Hall–Kier alpha value is -1.83. The zero-order valence-electron chi connectivity index (χ0n) is 7.76. The molecule has 1 amide bonds. The van der Waals surface area contributed by atoms with E-state index in [9.17, 15) is 4.79 Å². The second-order valence-corrected chi connectivity index (χ2v) is 3.09. The minimum atomic E-state index is 0.0474. The van der Waals surface area contributed by atoms with E-state index in [0.29, 0.717) is 6.54 Å². The summed E-state index contributed by atoms with van der Waals surface area (Å²) in [5.41, 5.74) is 0.729. The van der Waals surface area contributed by atoms with Crippen molar-refractivity contribution in [3.05, 3.63) is 60.3 Å². The molecule has 0 aromatic heterocycles. The van der Waals surface area contributed by atoms with Gasteiger partial charge in [-0.25, -0.2) is 0 Å². The number of benzene rings is 1. The van der Waals surface area contributed by atoms with E-state index in [1.54, 1.807) is 11.1 Å². The maximum Gasteiger partial charge on any atom is 0.258 e. The zero-order valence-corrected chi connectivity index (χ0v) is 7.76. The summed E-state index contributed by atoms with van der Waals surface area (Å²) >= 11 is 0. The van der Waals surface area contributed by atoms with E-state index >= 15 is 0 Å². The standard InChI is InChI=1S/C12H11NO/c14-12(11-7-3-1-4-8-11)13-9-5-2-6-10-13/h1-9H,10H2. The summed E-state index contributed by atoms with van der Waals surface area (Å²) in [6, 6.07) is 9.30. The summed E-state index contributed by atoms with van der Waals surface area (Å²) in [5.74, 6) is 0.0474. The fourth-order valence-electron chi connectivity index (χ4n) is 1.36. The third-order valence-electron chi connectivity index (χ3n) is 2.10. The van der Waals surface area contributed by atoms with Gasteiger partial charge in [-0.1, -0.05) is 30.4 Å². The van der Waals surface area contributed by atoms with Gasteiger partial charge in [-0.3, -0.25) is 4.79 Å². The molecule has 0 saturated carbocycles. The van der Waals surface area contributed by atoms with Crippen molar-refractivity contribution in [3.8, 4) is 0 Å². The topological polar surface area (TPSA) is 20.3 Å². The summed E-state index contributed by atoms with van der Waals surface area (Å²) in [5, 5.41) is 0. The number of amides is 1. The molecule has 70 valence electrons. The quantitative estimate of drug-likeness (QED) is 0.657. The van der Waals surface area contributed by atoms with E-state index in [2.05, 4.69) is 0 Å². The van der Waals surface area contributed by atoms with E-state index in [-0.39, 0.29) is 5.91 Å². The molecule has 0 fully saturated rings. The van der Waals surface area contributed by atoms with E-state index < -0.39 is 0 Å². The van der Waals surface area contributed by atoms with Gasteiger partial charge in [-0.15, -0.1) is 0 Å². The van der Waals surface area contributed by atoms with Gasteiger partial charge >= 0.3 is 0 Å². The molecule has 0 atom stereocenters. The molecular formula is C12H11NO. The molecule has 0 spiro atoms. The predicted octanol–water partition coefficient (Wildman–Crippen LogP) is 2.21. The fourth-order valence-corrected chi connectivity index (χ4v) is 1.36. The maximum atomic E-state index is 11.8. The van der Waals surface area contributed by atoms with Crippen molar-refractivity contribution in [2.45, 2.75) is 0 Å². The Balaban J connectivity index is 2.17. The van der Waals surface area contributed by atoms with Crippen LogP contribution in [0.4, 0.5) is 0 Å². The Kier molecular flexibility index (Phi) is 2.45. The molecule has 0 aliphatic carbocycles. The lowest BCUT2D eigenvalue weighted by molar-refractivity contribution is 0.0834. The molecular weight excluding hydrogens is 174 g/mol. The Labute approximate surface area is 83.2 Å². The molecule has 0 saturated heterocycles. The van der Waals surface area contributed by atoms with Crippen LogP contribution in [0, 0.1) is 0 Å². The van der Waals surface area contributed by atoms with Gasteiger partial charge in [0.1, 0.15) is 0 Å². The van der Waals surface area contributed by atoms with Gasteiger partial charge in [-0.05, 0) is 18.2 Å². The van der Waals surface area contributed by atoms with E-state index in [1.807, 2.05) is 48.6 Å². The number of carbonyl (C=O) groups is 1. The highest BCUT2D eigenvalue weighted by Gasteiger charge is 2.11. The van der Waals surface area contributed by atoms with Crippen LogP contribution in [0.15, 0.2) is 54.8 Å². The number of hydrogen-bond donors (Lipinski definition) is 0. The van der Waals surface area contributed by atoms with Crippen LogP contribution in [0.1, 0.15) is 10.4 Å². The zero-order chi connectivity index (χ0) is 9.80. The summed E-state index contributed by atoms with van der Waals surface area (Å²) in [7, 11) is 0. The van der Waals surface area contributed by atoms with Crippen LogP contribution >= 0.6 is 0 Å². The van der Waals surface area contributed by atoms with Crippen molar-refractivity contribution in [1.82, 2.24) is 4.90 Å². The minimum absolute atomic E-state index is 0.0474. The third kappa shape index (κ3) is 1.74. The van der Waals surface area contributed by atoms with Gasteiger partial charge in [-0.2, -0.15) is 0 Å². The summed E-state index contributed by atoms with van der Waals surface area (Å²) in [6.07, 6.45) is 7.56. The first-order chi connectivity index (χ1) is 6.88. The molecule has 14 heavy (non-hydrogen) atoms. The molecule has 0 radical (unpaired) electrons. The normalized spacial score (nSPS) is 14.4. The molecule has 0 bridgehead atoms. The molecule has 2 heteroatoms. The summed E-state index contributed by atoms with van der Waals surface area (Å²) in [4.78, 5) is 13.5. The monoisotopic (exact) mass is 185 g/mol. The van der Waals surface area contributed by atoms with Crippen LogP contribution in [0.2, 0.25) is 0 Å². The minimum Gasteiger partial charge on any atom is -0.311 e. The first-order valence-electron chi connectivity index (χ1n) is 4.57. The second-order valence-electron chi connectivity index (χ2n) is 3.09. The number of nitrogens with zero attached hydrogens (tertiary/aromatic N) is 1. The van der Waals surface area contributed by atoms with Crippen molar-refractivity contribution in [3.63, 3.8) is 0 Å². The maximum absolute atomic E-state index is 11.8. The van der Waals surface area contributed by atoms with Gasteiger partial charge in [0.05, 0.1) is 0 Å². The first kappa shape index (κ1) is 8.75. The van der Waals surface area contributed by atoms with Gasteiger partial charge < -0.3 is 4.90 Å². The predicted molar refractivity (Wildman–Crippen MR) is 55.8 cm³/mol. The molecule has 0 N–H and O–H groups in total. The van der Waals surface area contributed by atoms with Crippen LogP contribution < -0.4 is 0 Å². The highest BCUT2D eigenvalue weighted by Crippen LogP contribution is 2.07. The highest BCUT2D eigenvalue weighted by atomic mass is 16.2. The number of rotatable bonds is 1. The van der Waals surface area contributed by atoms with Gasteiger partial charge in [0, 0.05) is 18.3 Å². The van der Waals surface area contributed by atoms with Crippen molar-refractivity contribution in [1.29, 1.82) is 0 Å². The average Bonchev–Trinajstić information content (AvgIpc) is 2.30. The summed E-state index contributed by atoms with van der Waals surface area (Å²) in [6.45, 7) is 0.657.